The third-order valence-electron chi connectivity index (χ3n) is 2.16. The minimum atomic E-state index is -0.435. The Morgan fingerprint density at radius 3 is 2.79 bits per heavy atom. The summed E-state index contributed by atoms with van der Waals surface area (Å²) in [6, 6.07) is 4.34. The molecule has 0 unspecified atom stereocenters. The zero-order valence-corrected chi connectivity index (χ0v) is 8.26. The number of rotatable bonds is 2. The SMILES string of the molecule is NC(=Nc1ccc(F)c(Cl)c1)C1CC1. The number of hydrogen-bond acceptors (Lipinski definition) is 1. The van der Waals surface area contributed by atoms with Gasteiger partial charge in [0.15, 0.2) is 0 Å². The van der Waals surface area contributed by atoms with Gasteiger partial charge in [0.2, 0.25) is 0 Å². The van der Waals surface area contributed by atoms with E-state index in [-0.39, 0.29) is 5.02 Å². The van der Waals surface area contributed by atoms with Gasteiger partial charge < -0.3 is 5.73 Å². The molecule has 1 aliphatic carbocycles. The number of nitrogens with two attached hydrogens (primary N) is 1. The van der Waals surface area contributed by atoms with Crippen LogP contribution < -0.4 is 5.73 Å². The van der Waals surface area contributed by atoms with Crippen molar-refractivity contribution in [3.8, 4) is 0 Å². The summed E-state index contributed by atoms with van der Waals surface area (Å²) in [5, 5.41) is 0.0786. The van der Waals surface area contributed by atoms with Gasteiger partial charge in [-0.2, -0.15) is 0 Å². The predicted octanol–water partition coefficient (Wildman–Crippen LogP) is 2.88. The van der Waals surface area contributed by atoms with E-state index in [2.05, 4.69) is 4.99 Å². The van der Waals surface area contributed by atoms with E-state index in [1.54, 1.807) is 6.07 Å². The van der Waals surface area contributed by atoms with Crippen LogP contribution in [0.25, 0.3) is 0 Å². The largest absolute Gasteiger partial charge is 0.387 e. The van der Waals surface area contributed by atoms with Crippen molar-refractivity contribution in [1.82, 2.24) is 0 Å². The lowest BCUT2D eigenvalue weighted by molar-refractivity contribution is 0.628. The summed E-state index contributed by atoms with van der Waals surface area (Å²) in [6.07, 6.45) is 2.20. The Hall–Kier alpha value is -1.09. The van der Waals surface area contributed by atoms with E-state index in [9.17, 15) is 4.39 Å². The Bertz CT molecular complexity index is 386. The van der Waals surface area contributed by atoms with Crippen molar-refractivity contribution >= 4 is 23.1 Å². The molecule has 0 heterocycles. The molecule has 0 aromatic heterocycles. The molecule has 2 nitrogen and oxygen atoms in total. The summed E-state index contributed by atoms with van der Waals surface area (Å²) in [6.45, 7) is 0. The van der Waals surface area contributed by atoms with Crippen molar-refractivity contribution < 1.29 is 4.39 Å². The maximum Gasteiger partial charge on any atom is 0.141 e. The highest BCUT2D eigenvalue weighted by Gasteiger charge is 2.25. The quantitative estimate of drug-likeness (QED) is 0.594. The lowest BCUT2D eigenvalue weighted by Gasteiger charge is -1.99. The first-order valence-corrected chi connectivity index (χ1v) is 4.84. The monoisotopic (exact) mass is 212 g/mol. The van der Waals surface area contributed by atoms with Gasteiger partial charge in [-0.25, -0.2) is 9.38 Å². The average Bonchev–Trinajstić information content (AvgIpc) is 2.94. The fourth-order valence-electron chi connectivity index (χ4n) is 1.17. The van der Waals surface area contributed by atoms with Gasteiger partial charge in [-0.1, -0.05) is 11.6 Å². The lowest BCUT2D eigenvalue weighted by Crippen LogP contribution is -2.12. The van der Waals surface area contributed by atoms with Crippen molar-refractivity contribution in [3.63, 3.8) is 0 Å². The normalized spacial score (nSPS) is 17.1. The molecule has 1 aromatic carbocycles. The van der Waals surface area contributed by atoms with Crippen LogP contribution in [0, 0.1) is 11.7 Å². The van der Waals surface area contributed by atoms with Crippen LogP contribution in [0.2, 0.25) is 5.02 Å². The zero-order chi connectivity index (χ0) is 10.1. The number of benzene rings is 1. The first-order valence-electron chi connectivity index (χ1n) is 4.46. The Morgan fingerprint density at radius 2 is 2.21 bits per heavy atom. The van der Waals surface area contributed by atoms with Crippen molar-refractivity contribution in [2.75, 3.05) is 0 Å². The van der Waals surface area contributed by atoms with E-state index in [0.29, 0.717) is 17.4 Å². The highest BCUT2D eigenvalue weighted by Crippen LogP contribution is 2.30. The molecule has 1 aliphatic rings. The van der Waals surface area contributed by atoms with Gasteiger partial charge in [-0.05, 0) is 31.0 Å². The molecule has 0 aliphatic heterocycles. The average molecular weight is 213 g/mol. The van der Waals surface area contributed by atoms with Gasteiger partial charge in [-0.3, -0.25) is 0 Å². The van der Waals surface area contributed by atoms with Gasteiger partial charge in [0, 0.05) is 5.92 Å². The summed E-state index contributed by atoms with van der Waals surface area (Å²) < 4.78 is 12.8. The first-order chi connectivity index (χ1) is 6.66. The molecule has 0 radical (unpaired) electrons. The summed E-state index contributed by atoms with van der Waals surface area (Å²) in [5.74, 6) is 0.599. The van der Waals surface area contributed by atoms with E-state index in [1.165, 1.54) is 12.1 Å². The topological polar surface area (TPSA) is 38.4 Å². The van der Waals surface area contributed by atoms with Crippen LogP contribution in [-0.4, -0.2) is 5.84 Å². The molecule has 4 heteroatoms. The van der Waals surface area contributed by atoms with Crippen LogP contribution in [-0.2, 0) is 0 Å². The molecule has 0 amide bonds. The number of halogens is 2. The maximum atomic E-state index is 12.8. The number of amidine groups is 1. The van der Waals surface area contributed by atoms with Crippen LogP contribution in [0.15, 0.2) is 23.2 Å². The summed E-state index contributed by atoms with van der Waals surface area (Å²) in [7, 11) is 0. The molecule has 0 saturated heterocycles. The number of nitrogens with zero attached hydrogens (tertiary/aromatic N) is 1. The van der Waals surface area contributed by atoms with Crippen molar-refractivity contribution in [2.24, 2.45) is 16.6 Å². The highest BCUT2D eigenvalue weighted by molar-refractivity contribution is 6.31. The summed E-state index contributed by atoms with van der Waals surface area (Å²) in [5.41, 5.74) is 6.32. The molecule has 14 heavy (non-hydrogen) atoms. The molecule has 2 N–H and O–H groups in total. The first kappa shape index (κ1) is 9.46. The second kappa shape index (κ2) is 3.58. The number of aliphatic imine (C=N–C) groups is 1. The van der Waals surface area contributed by atoms with Crippen LogP contribution in [0.4, 0.5) is 10.1 Å². The van der Waals surface area contributed by atoms with E-state index >= 15 is 0 Å². The highest BCUT2D eigenvalue weighted by atomic mass is 35.5. The van der Waals surface area contributed by atoms with Gasteiger partial charge in [0.05, 0.1) is 10.7 Å². The van der Waals surface area contributed by atoms with Gasteiger partial charge in [0.1, 0.15) is 11.7 Å². The van der Waals surface area contributed by atoms with Gasteiger partial charge in [0.25, 0.3) is 0 Å². The summed E-state index contributed by atoms with van der Waals surface area (Å²) in [4.78, 5) is 4.17. The van der Waals surface area contributed by atoms with Crippen LogP contribution in [0.1, 0.15) is 12.8 Å². The van der Waals surface area contributed by atoms with E-state index in [1.807, 2.05) is 0 Å². The van der Waals surface area contributed by atoms with E-state index in [0.717, 1.165) is 12.8 Å². The second-order valence-corrected chi connectivity index (χ2v) is 3.82. The van der Waals surface area contributed by atoms with Crippen LogP contribution >= 0.6 is 11.6 Å². The molecule has 1 saturated carbocycles. The van der Waals surface area contributed by atoms with Crippen LogP contribution in [0.5, 0.6) is 0 Å². The number of hydrogen-bond donors (Lipinski definition) is 1. The molecule has 1 fully saturated rings. The third kappa shape index (κ3) is 2.04. The zero-order valence-electron chi connectivity index (χ0n) is 7.50. The second-order valence-electron chi connectivity index (χ2n) is 3.41. The Labute approximate surface area is 86.6 Å². The minimum absolute atomic E-state index is 0.0786. The molecule has 0 spiro atoms. The molecule has 1 aromatic rings. The molecular formula is C10H10ClFN2. The standard InChI is InChI=1S/C10H10ClFN2/c11-8-5-7(3-4-9(8)12)14-10(13)6-1-2-6/h3-6H,1-2H2,(H2,13,14). The molecule has 0 atom stereocenters. The molecule has 0 bridgehead atoms. The molecule has 2 rings (SSSR count). The fraction of sp³-hybridized carbons (Fsp3) is 0.300. The van der Waals surface area contributed by atoms with Crippen LogP contribution in [0.3, 0.4) is 0 Å². The van der Waals surface area contributed by atoms with Gasteiger partial charge >= 0.3 is 0 Å². The maximum absolute atomic E-state index is 12.8. The van der Waals surface area contributed by atoms with Crippen molar-refractivity contribution in [1.29, 1.82) is 0 Å². The van der Waals surface area contributed by atoms with Gasteiger partial charge in [-0.15, -0.1) is 0 Å². The molecule has 74 valence electrons. The fourth-order valence-corrected chi connectivity index (χ4v) is 1.35. The minimum Gasteiger partial charge on any atom is -0.387 e. The molecular weight excluding hydrogens is 203 g/mol. The predicted molar refractivity (Wildman–Crippen MR) is 55.4 cm³/mol. The Kier molecular flexibility index (Phi) is 2.42. The van der Waals surface area contributed by atoms with E-state index < -0.39 is 5.82 Å². The summed E-state index contributed by atoms with van der Waals surface area (Å²) >= 11 is 5.61. The lowest BCUT2D eigenvalue weighted by atomic mass is 10.3. The smallest absolute Gasteiger partial charge is 0.141 e. The third-order valence-corrected chi connectivity index (χ3v) is 2.45. The Morgan fingerprint density at radius 1 is 1.50 bits per heavy atom. The van der Waals surface area contributed by atoms with Crippen molar-refractivity contribution in [3.05, 3.63) is 29.0 Å². The Balaban J connectivity index is 2.24. The van der Waals surface area contributed by atoms with E-state index in [4.69, 9.17) is 17.3 Å². The van der Waals surface area contributed by atoms with Crippen molar-refractivity contribution in [2.45, 2.75) is 12.8 Å².